The quantitative estimate of drug-likeness (QED) is 0.545. The highest BCUT2D eigenvalue weighted by molar-refractivity contribution is 5.91. The molecule has 1 heterocycles. The molecular weight excluding hydrogens is 380 g/mol. The Kier molecular flexibility index (Phi) is 6.90. The van der Waals surface area contributed by atoms with Gasteiger partial charge in [0, 0.05) is 49.1 Å². The summed E-state index contributed by atoms with van der Waals surface area (Å²) >= 11 is 0. The largest absolute Gasteiger partial charge is 0.497 e. The zero-order chi connectivity index (χ0) is 21.7. The predicted molar refractivity (Wildman–Crippen MR) is 119 cm³/mol. The molecule has 0 saturated carbocycles. The SMILES string of the molecule is COc1ccc(CC(=O)Cc2cccc3c(=O)n(CCN(C)C)ccc23)c(OC)c1. The second-order valence-electron chi connectivity index (χ2n) is 7.57. The number of ether oxygens (including phenoxy) is 2. The molecule has 0 atom stereocenters. The molecule has 0 fully saturated rings. The lowest BCUT2D eigenvalue weighted by molar-refractivity contribution is -0.117. The Morgan fingerprint density at radius 2 is 1.73 bits per heavy atom. The molecule has 158 valence electrons. The molecule has 3 aromatic rings. The molecule has 0 amide bonds. The molecule has 30 heavy (non-hydrogen) atoms. The number of ketones is 1. The maximum absolute atomic E-state index is 12.8. The van der Waals surface area contributed by atoms with Crippen LogP contribution in [0.25, 0.3) is 10.8 Å². The van der Waals surface area contributed by atoms with E-state index in [2.05, 4.69) is 0 Å². The molecule has 3 rings (SSSR count). The normalized spacial score (nSPS) is 11.1. The van der Waals surface area contributed by atoms with Gasteiger partial charge in [-0.1, -0.05) is 18.2 Å². The first-order valence-corrected chi connectivity index (χ1v) is 9.91. The first-order chi connectivity index (χ1) is 14.4. The summed E-state index contributed by atoms with van der Waals surface area (Å²) in [5.74, 6) is 1.37. The van der Waals surface area contributed by atoms with E-state index >= 15 is 0 Å². The van der Waals surface area contributed by atoms with Crippen LogP contribution < -0.4 is 15.0 Å². The van der Waals surface area contributed by atoms with Crippen molar-refractivity contribution in [3.63, 3.8) is 0 Å². The van der Waals surface area contributed by atoms with Gasteiger partial charge in [-0.15, -0.1) is 0 Å². The second-order valence-corrected chi connectivity index (χ2v) is 7.57. The summed E-state index contributed by atoms with van der Waals surface area (Å²) in [6.45, 7) is 1.41. The van der Waals surface area contributed by atoms with Gasteiger partial charge in [-0.3, -0.25) is 9.59 Å². The van der Waals surface area contributed by atoms with Gasteiger partial charge in [0.1, 0.15) is 17.3 Å². The fourth-order valence-corrected chi connectivity index (χ4v) is 3.51. The molecule has 2 aromatic carbocycles. The molecule has 0 aliphatic heterocycles. The van der Waals surface area contributed by atoms with Crippen LogP contribution >= 0.6 is 0 Å². The van der Waals surface area contributed by atoms with Gasteiger partial charge in [0.25, 0.3) is 5.56 Å². The molecule has 0 spiro atoms. The number of hydrogen-bond donors (Lipinski definition) is 0. The van der Waals surface area contributed by atoms with Crippen LogP contribution in [0, 0.1) is 0 Å². The van der Waals surface area contributed by atoms with E-state index in [-0.39, 0.29) is 24.2 Å². The van der Waals surface area contributed by atoms with Crippen molar-refractivity contribution < 1.29 is 14.3 Å². The number of benzene rings is 2. The Hall–Kier alpha value is -3.12. The molecule has 1 aromatic heterocycles. The van der Waals surface area contributed by atoms with Crippen molar-refractivity contribution >= 4 is 16.6 Å². The Balaban J connectivity index is 1.83. The number of aromatic nitrogens is 1. The number of hydrogen-bond acceptors (Lipinski definition) is 5. The summed E-state index contributed by atoms with van der Waals surface area (Å²) in [5.41, 5.74) is 1.65. The van der Waals surface area contributed by atoms with Gasteiger partial charge < -0.3 is 18.9 Å². The lowest BCUT2D eigenvalue weighted by Gasteiger charge is -2.13. The van der Waals surface area contributed by atoms with Crippen LogP contribution in [-0.2, 0) is 24.2 Å². The third kappa shape index (κ3) is 4.89. The lowest BCUT2D eigenvalue weighted by Crippen LogP contribution is -2.26. The van der Waals surface area contributed by atoms with Crippen LogP contribution in [0.2, 0.25) is 0 Å². The third-order valence-corrected chi connectivity index (χ3v) is 5.17. The molecule has 0 saturated heterocycles. The lowest BCUT2D eigenvalue weighted by atomic mass is 9.98. The standard InChI is InChI=1S/C24H28N2O4/c1-25(2)12-13-26-11-10-21-17(6-5-7-22(21)24(26)28)14-19(27)15-18-8-9-20(29-3)16-23(18)30-4/h5-11,16H,12-15H2,1-4H3. The molecule has 6 heteroatoms. The molecule has 6 nitrogen and oxygen atoms in total. The summed E-state index contributed by atoms with van der Waals surface area (Å²) < 4.78 is 12.3. The van der Waals surface area contributed by atoms with Crippen molar-refractivity contribution in [2.24, 2.45) is 0 Å². The Labute approximate surface area is 176 Å². The van der Waals surface area contributed by atoms with Crippen molar-refractivity contribution in [2.45, 2.75) is 19.4 Å². The van der Waals surface area contributed by atoms with Crippen LogP contribution in [0.1, 0.15) is 11.1 Å². The molecular formula is C24H28N2O4. The number of pyridine rings is 1. The van der Waals surface area contributed by atoms with Gasteiger partial charge in [0.15, 0.2) is 0 Å². The molecule has 0 bridgehead atoms. The predicted octanol–water partition coefficient (Wildman–Crippen LogP) is 2.93. The number of methoxy groups -OCH3 is 2. The molecule has 0 unspecified atom stereocenters. The Morgan fingerprint density at radius 3 is 2.43 bits per heavy atom. The Morgan fingerprint density at radius 1 is 0.967 bits per heavy atom. The first-order valence-electron chi connectivity index (χ1n) is 9.91. The summed E-state index contributed by atoms with van der Waals surface area (Å²) in [6, 6.07) is 13.0. The minimum absolute atomic E-state index is 0.0273. The maximum Gasteiger partial charge on any atom is 0.258 e. The van der Waals surface area contributed by atoms with E-state index < -0.39 is 0 Å². The van der Waals surface area contributed by atoms with Gasteiger partial charge >= 0.3 is 0 Å². The van der Waals surface area contributed by atoms with Crippen molar-refractivity contribution in [2.75, 3.05) is 34.9 Å². The van der Waals surface area contributed by atoms with E-state index in [9.17, 15) is 9.59 Å². The second kappa shape index (κ2) is 9.59. The molecule has 0 aliphatic rings. The number of Topliss-reactive ketones (excluding diaryl/α,β-unsaturated/α-hetero) is 1. The molecule has 0 aliphatic carbocycles. The molecule has 0 N–H and O–H groups in total. The van der Waals surface area contributed by atoms with Crippen molar-refractivity contribution in [1.29, 1.82) is 0 Å². The van der Waals surface area contributed by atoms with Crippen molar-refractivity contribution in [3.05, 3.63) is 70.1 Å². The van der Waals surface area contributed by atoms with Crippen LogP contribution in [0.5, 0.6) is 11.5 Å². The van der Waals surface area contributed by atoms with Crippen molar-refractivity contribution in [3.8, 4) is 11.5 Å². The average Bonchev–Trinajstić information content (AvgIpc) is 2.73. The molecule has 0 radical (unpaired) electrons. The van der Waals surface area contributed by atoms with Crippen LogP contribution in [-0.4, -0.2) is 50.1 Å². The number of carbonyl (C=O) groups excluding carboxylic acids is 1. The van der Waals surface area contributed by atoms with E-state index in [0.717, 1.165) is 23.1 Å². The van der Waals surface area contributed by atoms with E-state index in [1.54, 1.807) is 24.9 Å². The summed E-state index contributed by atoms with van der Waals surface area (Å²) in [5, 5.41) is 1.47. The highest BCUT2D eigenvalue weighted by Gasteiger charge is 2.13. The number of fused-ring (bicyclic) bond motifs is 1. The number of carbonyl (C=O) groups is 1. The fraction of sp³-hybridized carbons (Fsp3) is 0.333. The highest BCUT2D eigenvalue weighted by Crippen LogP contribution is 2.26. The number of rotatable bonds is 9. The minimum Gasteiger partial charge on any atom is -0.497 e. The van der Waals surface area contributed by atoms with Gasteiger partial charge in [0.05, 0.1) is 14.2 Å². The van der Waals surface area contributed by atoms with Crippen LogP contribution in [0.15, 0.2) is 53.5 Å². The van der Waals surface area contributed by atoms with E-state index in [1.807, 2.05) is 61.6 Å². The highest BCUT2D eigenvalue weighted by atomic mass is 16.5. The monoisotopic (exact) mass is 408 g/mol. The average molecular weight is 408 g/mol. The number of likely N-dealkylation sites (N-methyl/N-ethyl adjacent to an activating group) is 1. The zero-order valence-corrected chi connectivity index (χ0v) is 18.0. The van der Waals surface area contributed by atoms with Gasteiger partial charge in [-0.05, 0) is 43.2 Å². The topological polar surface area (TPSA) is 60.8 Å². The van der Waals surface area contributed by atoms with Crippen LogP contribution in [0.3, 0.4) is 0 Å². The minimum atomic E-state index is -0.0273. The van der Waals surface area contributed by atoms with E-state index in [0.29, 0.717) is 23.4 Å². The van der Waals surface area contributed by atoms with E-state index in [4.69, 9.17) is 9.47 Å². The maximum atomic E-state index is 12.8. The summed E-state index contributed by atoms with van der Waals surface area (Å²) in [6.07, 6.45) is 2.33. The summed E-state index contributed by atoms with van der Waals surface area (Å²) in [4.78, 5) is 27.7. The Bertz CT molecular complexity index is 1100. The third-order valence-electron chi connectivity index (χ3n) is 5.17. The smallest absolute Gasteiger partial charge is 0.258 e. The zero-order valence-electron chi connectivity index (χ0n) is 18.0. The van der Waals surface area contributed by atoms with Gasteiger partial charge in [-0.25, -0.2) is 0 Å². The van der Waals surface area contributed by atoms with Gasteiger partial charge in [0.2, 0.25) is 0 Å². The number of nitrogens with zero attached hydrogens (tertiary/aromatic N) is 2. The first kappa shape index (κ1) is 21.6. The van der Waals surface area contributed by atoms with E-state index in [1.165, 1.54) is 0 Å². The fourth-order valence-electron chi connectivity index (χ4n) is 3.51. The van der Waals surface area contributed by atoms with Gasteiger partial charge in [-0.2, -0.15) is 0 Å². The van der Waals surface area contributed by atoms with Crippen LogP contribution in [0.4, 0.5) is 0 Å². The van der Waals surface area contributed by atoms with Crippen molar-refractivity contribution in [1.82, 2.24) is 9.47 Å². The summed E-state index contributed by atoms with van der Waals surface area (Å²) in [7, 11) is 7.13.